The van der Waals surface area contributed by atoms with Gasteiger partial charge in [-0.25, -0.2) is 22.5 Å². The molecule has 0 amide bonds. The highest BCUT2D eigenvalue weighted by Crippen LogP contribution is 2.66. The fraction of sp³-hybridized carbons (Fsp3) is 0.464. The van der Waals surface area contributed by atoms with E-state index in [2.05, 4.69) is 4.98 Å². The largest absolute Gasteiger partial charge is 0.363 e. The van der Waals surface area contributed by atoms with Crippen molar-refractivity contribution in [1.82, 2.24) is 9.55 Å². The Morgan fingerprint density at radius 3 is 2.38 bits per heavy atom. The van der Waals surface area contributed by atoms with Crippen LogP contribution in [-0.4, -0.2) is 40.8 Å². The first-order chi connectivity index (χ1) is 17.4. The minimum atomic E-state index is -1.62. The molecule has 4 saturated carbocycles. The SMILES string of the molecule is CN(C)c1ccc2c(=O)c(C(=O)CC34CC5CC(F)(CC(F)(C5)C3)C4)cn(-c3ccc(F)cc3F)c2n1. The van der Waals surface area contributed by atoms with Crippen molar-refractivity contribution in [2.45, 2.75) is 56.3 Å². The van der Waals surface area contributed by atoms with Gasteiger partial charge in [0.15, 0.2) is 11.4 Å². The third-order valence-corrected chi connectivity index (χ3v) is 8.35. The first-order valence-electron chi connectivity index (χ1n) is 12.5. The second kappa shape index (κ2) is 7.88. The number of nitrogens with zero attached hydrogens (tertiary/aromatic N) is 3. The number of carbonyl (C=O) groups excluding carboxylic acids is 1. The Hall–Kier alpha value is -3.23. The molecule has 0 N–H and O–H groups in total. The molecule has 3 aromatic rings. The number of alkyl halides is 2. The fourth-order valence-corrected chi connectivity index (χ4v) is 7.53. The Labute approximate surface area is 211 Å². The van der Waals surface area contributed by atoms with Gasteiger partial charge in [-0.15, -0.1) is 0 Å². The average molecular weight is 514 g/mol. The maximum Gasteiger partial charge on any atom is 0.201 e. The van der Waals surface area contributed by atoms with Crippen molar-refractivity contribution in [2.24, 2.45) is 11.3 Å². The molecule has 2 heterocycles. The molecule has 4 aliphatic rings. The zero-order valence-electron chi connectivity index (χ0n) is 20.7. The van der Waals surface area contributed by atoms with E-state index in [1.807, 2.05) is 0 Å². The summed E-state index contributed by atoms with van der Waals surface area (Å²) in [7, 11) is 3.52. The van der Waals surface area contributed by atoms with Crippen molar-refractivity contribution in [2.75, 3.05) is 19.0 Å². The molecular weight excluding hydrogens is 486 g/mol. The molecule has 0 aliphatic heterocycles. The van der Waals surface area contributed by atoms with Crippen molar-refractivity contribution in [3.8, 4) is 5.69 Å². The van der Waals surface area contributed by atoms with Crippen molar-refractivity contribution in [3.63, 3.8) is 0 Å². The second-order valence-corrected chi connectivity index (χ2v) is 11.7. The van der Waals surface area contributed by atoms with Crippen molar-refractivity contribution >= 4 is 22.6 Å². The normalized spacial score (nSPS) is 30.2. The maximum atomic E-state index is 15.5. The smallest absolute Gasteiger partial charge is 0.201 e. The van der Waals surface area contributed by atoms with Crippen molar-refractivity contribution in [3.05, 3.63) is 63.9 Å². The summed E-state index contributed by atoms with van der Waals surface area (Å²) >= 11 is 0. The van der Waals surface area contributed by atoms with E-state index in [1.165, 1.54) is 22.9 Å². The van der Waals surface area contributed by atoms with Gasteiger partial charge >= 0.3 is 0 Å². The summed E-state index contributed by atoms with van der Waals surface area (Å²) in [5.41, 5.74) is -4.84. The highest BCUT2D eigenvalue weighted by molar-refractivity contribution is 5.99. The summed E-state index contributed by atoms with van der Waals surface area (Å²) in [6.45, 7) is 0. The van der Waals surface area contributed by atoms with E-state index < -0.39 is 39.6 Å². The van der Waals surface area contributed by atoms with Gasteiger partial charge in [-0.05, 0) is 67.7 Å². The average Bonchev–Trinajstić information content (AvgIpc) is 2.76. The summed E-state index contributed by atoms with van der Waals surface area (Å²) in [5, 5.41) is 0.0922. The van der Waals surface area contributed by atoms with Crippen LogP contribution in [0.25, 0.3) is 16.7 Å². The molecule has 37 heavy (non-hydrogen) atoms. The van der Waals surface area contributed by atoms with Crippen LogP contribution >= 0.6 is 0 Å². The lowest BCUT2D eigenvalue weighted by Gasteiger charge is -2.61. The van der Waals surface area contributed by atoms with Crippen LogP contribution in [0, 0.1) is 23.0 Å². The molecule has 2 unspecified atom stereocenters. The lowest BCUT2D eigenvalue weighted by molar-refractivity contribution is -0.173. The number of Topliss-reactive ketones (excluding diaryl/α,β-unsaturated/α-hetero) is 1. The molecule has 4 fully saturated rings. The zero-order chi connectivity index (χ0) is 26.3. The number of rotatable bonds is 5. The molecule has 0 radical (unpaired) electrons. The highest BCUT2D eigenvalue weighted by atomic mass is 19.2. The van der Waals surface area contributed by atoms with Gasteiger partial charge in [0.05, 0.1) is 16.6 Å². The maximum absolute atomic E-state index is 15.5. The minimum Gasteiger partial charge on any atom is -0.363 e. The Morgan fingerprint density at radius 1 is 1.05 bits per heavy atom. The number of ketones is 1. The predicted molar refractivity (Wildman–Crippen MR) is 132 cm³/mol. The van der Waals surface area contributed by atoms with Gasteiger partial charge in [0.2, 0.25) is 5.43 Å². The lowest BCUT2D eigenvalue weighted by atomic mass is 9.46. The van der Waals surface area contributed by atoms with Gasteiger partial charge in [-0.2, -0.15) is 0 Å². The van der Waals surface area contributed by atoms with Crippen LogP contribution in [-0.2, 0) is 0 Å². The number of anilines is 1. The molecule has 2 aromatic heterocycles. The first kappa shape index (κ1) is 24.1. The van der Waals surface area contributed by atoms with Gasteiger partial charge in [0, 0.05) is 39.2 Å². The van der Waals surface area contributed by atoms with E-state index in [0.29, 0.717) is 31.1 Å². The molecule has 0 saturated heterocycles. The van der Waals surface area contributed by atoms with Gasteiger partial charge in [-0.1, -0.05) is 0 Å². The third-order valence-electron chi connectivity index (χ3n) is 8.35. The van der Waals surface area contributed by atoms with Crippen LogP contribution in [0.2, 0.25) is 0 Å². The minimum absolute atomic E-state index is 0.0796. The Balaban J connectivity index is 1.48. The van der Waals surface area contributed by atoms with Crippen LogP contribution in [0.5, 0.6) is 0 Å². The quantitative estimate of drug-likeness (QED) is 0.324. The molecule has 4 bridgehead atoms. The molecule has 5 nitrogen and oxygen atoms in total. The number of pyridine rings is 2. The van der Waals surface area contributed by atoms with Crippen LogP contribution < -0.4 is 10.3 Å². The van der Waals surface area contributed by atoms with Crippen molar-refractivity contribution < 1.29 is 22.4 Å². The second-order valence-electron chi connectivity index (χ2n) is 11.7. The number of halogens is 4. The molecule has 1 aromatic carbocycles. The molecule has 4 aliphatic carbocycles. The molecule has 7 rings (SSSR count). The number of aromatic nitrogens is 2. The predicted octanol–water partition coefficient (Wildman–Crippen LogP) is 5.70. The number of carbonyl (C=O) groups is 1. The zero-order valence-corrected chi connectivity index (χ0v) is 20.7. The topological polar surface area (TPSA) is 55.2 Å². The molecule has 2 atom stereocenters. The Morgan fingerprint density at radius 2 is 1.76 bits per heavy atom. The first-order valence-corrected chi connectivity index (χ1v) is 12.5. The van der Waals surface area contributed by atoms with Crippen molar-refractivity contribution in [1.29, 1.82) is 0 Å². The summed E-state index contributed by atoms with van der Waals surface area (Å²) in [4.78, 5) is 33.4. The van der Waals surface area contributed by atoms with E-state index in [4.69, 9.17) is 0 Å². The monoisotopic (exact) mass is 513 g/mol. The summed E-state index contributed by atoms with van der Waals surface area (Å²) in [6, 6.07) is 6.14. The van der Waals surface area contributed by atoms with Gasteiger partial charge < -0.3 is 4.90 Å². The number of hydrogen-bond donors (Lipinski definition) is 0. The van der Waals surface area contributed by atoms with Crippen LogP contribution in [0.1, 0.15) is 55.3 Å². The van der Waals surface area contributed by atoms with Crippen LogP contribution in [0.4, 0.5) is 23.4 Å². The Bertz CT molecular complexity index is 1500. The van der Waals surface area contributed by atoms with E-state index in [1.54, 1.807) is 25.1 Å². The van der Waals surface area contributed by atoms with E-state index in [0.717, 1.165) is 6.07 Å². The van der Waals surface area contributed by atoms with E-state index in [-0.39, 0.29) is 53.9 Å². The van der Waals surface area contributed by atoms with Gasteiger partial charge in [-0.3, -0.25) is 14.2 Å². The number of fused-ring (bicyclic) bond motifs is 1. The number of benzene rings is 1. The van der Waals surface area contributed by atoms with Gasteiger partial charge in [0.1, 0.15) is 28.8 Å². The number of hydrogen-bond acceptors (Lipinski definition) is 4. The van der Waals surface area contributed by atoms with Crippen LogP contribution in [0.15, 0.2) is 41.3 Å². The van der Waals surface area contributed by atoms with Crippen LogP contribution in [0.3, 0.4) is 0 Å². The van der Waals surface area contributed by atoms with E-state index >= 15 is 8.78 Å². The summed E-state index contributed by atoms with van der Waals surface area (Å²) < 4.78 is 60.8. The highest BCUT2D eigenvalue weighted by Gasteiger charge is 2.64. The summed E-state index contributed by atoms with van der Waals surface area (Å²) in [6.07, 6.45) is 2.36. The molecule has 0 spiro atoms. The molecule has 194 valence electrons. The lowest BCUT2D eigenvalue weighted by Crippen LogP contribution is -2.60. The fourth-order valence-electron chi connectivity index (χ4n) is 7.53. The Kier molecular flexibility index (Phi) is 5.14. The molecule has 9 heteroatoms. The standard InChI is InChI=1S/C28H27F4N3O2/c1-34(2)23-6-4-18-24(37)19(12-35(25(18)33-23)21-5-3-17(29)7-20(21)30)22(36)11-26-8-16-9-27(31,13-26)15-28(32,10-16)14-26/h3-7,12,16H,8-11,13-15H2,1-2H3. The third kappa shape index (κ3) is 3.94. The molecular formula is C28H27F4N3O2. The van der Waals surface area contributed by atoms with E-state index in [9.17, 15) is 18.4 Å². The van der Waals surface area contributed by atoms with Gasteiger partial charge in [0.25, 0.3) is 0 Å². The summed E-state index contributed by atoms with van der Waals surface area (Å²) in [5.74, 6) is -1.81.